The van der Waals surface area contributed by atoms with E-state index in [0.717, 1.165) is 28.2 Å². The lowest BCUT2D eigenvalue weighted by Gasteiger charge is -2.08. The molecule has 4 nitrogen and oxygen atoms in total. The largest absolute Gasteiger partial charge is 0.399 e. The van der Waals surface area contributed by atoms with Gasteiger partial charge in [0.2, 0.25) is 0 Å². The summed E-state index contributed by atoms with van der Waals surface area (Å²) in [7, 11) is 0. The highest BCUT2D eigenvalue weighted by atomic mass is 16.1. The zero-order valence-electron chi connectivity index (χ0n) is 9.24. The van der Waals surface area contributed by atoms with Gasteiger partial charge in [0.25, 0.3) is 0 Å². The van der Waals surface area contributed by atoms with Crippen LogP contribution in [0.1, 0.15) is 11.4 Å². The van der Waals surface area contributed by atoms with Crippen molar-refractivity contribution in [2.75, 3.05) is 5.73 Å². The topological polar surface area (TPSA) is 71.8 Å². The molecule has 0 spiro atoms. The molecule has 0 amide bonds. The van der Waals surface area contributed by atoms with E-state index in [4.69, 9.17) is 5.73 Å². The third-order valence-corrected chi connectivity index (χ3v) is 2.50. The second-order valence-electron chi connectivity index (χ2n) is 3.75. The highest BCUT2D eigenvalue weighted by Gasteiger charge is 2.07. The fourth-order valence-electron chi connectivity index (χ4n) is 1.81. The summed E-state index contributed by atoms with van der Waals surface area (Å²) < 4.78 is 0. The molecule has 1 aromatic carbocycles. The number of H-pyrrole nitrogens is 1. The fourth-order valence-corrected chi connectivity index (χ4v) is 1.81. The molecule has 0 fully saturated rings. The first-order valence-electron chi connectivity index (χ1n) is 5.01. The molecule has 0 atom stereocenters. The van der Waals surface area contributed by atoms with E-state index in [1.54, 1.807) is 0 Å². The molecule has 16 heavy (non-hydrogen) atoms. The van der Waals surface area contributed by atoms with E-state index in [1.807, 2.05) is 38.1 Å². The summed E-state index contributed by atoms with van der Waals surface area (Å²) in [6.45, 7) is 3.69. The quantitative estimate of drug-likeness (QED) is 0.710. The average molecular weight is 215 g/mol. The van der Waals surface area contributed by atoms with Gasteiger partial charge in [-0.1, -0.05) is 12.1 Å². The van der Waals surface area contributed by atoms with Crippen LogP contribution in [0.15, 0.2) is 29.1 Å². The van der Waals surface area contributed by atoms with Crippen LogP contribution in [0, 0.1) is 13.8 Å². The number of nitrogens with zero attached hydrogens (tertiary/aromatic N) is 1. The molecule has 1 aromatic heterocycles. The van der Waals surface area contributed by atoms with Gasteiger partial charge in [-0.05, 0) is 31.5 Å². The van der Waals surface area contributed by atoms with Gasteiger partial charge in [0.1, 0.15) is 0 Å². The predicted molar refractivity (Wildman–Crippen MR) is 64.2 cm³/mol. The van der Waals surface area contributed by atoms with Crippen LogP contribution in [0.5, 0.6) is 0 Å². The van der Waals surface area contributed by atoms with Crippen LogP contribution in [0.3, 0.4) is 0 Å². The van der Waals surface area contributed by atoms with Crippen molar-refractivity contribution in [1.82, 2.24) is 9.97 Å². The summed E-state index contributed by atoms with van der Waals surface area (Å²) in [5, 5.41) is 0. The SMILES string of the molecule is Cc1nc(=O)[nH]c(C)c1-c1ccc(N)cc1. The molecular formula is C12H13N3O. The minimum absolute atomic E-state index is 0.311. The molecule has 4 heteroatoms. The van der Waals surface area contributed by atoms with Gasteiger partial charge in [-0.15, -0.1) is 0 Å². The maximum atomic E-state index is 11.2. The molecule has 0 aliphatic rings. The predicted octanol–water partition coefficient (Wildman–Crippen LogP) is 1.64. The standard InChI is InChI=1S/C12H13N3O/c1-7-11(8(2)15-12(16)14-7)9-3-5-10(13)6-4-9/h3-6H,13H2,1-2H3,(H,14,15,16). The summed E-state index contributed by atoms with van der Waals surface area (Å²) in [6, 6.07) is 7.51. The number of anilines is 1. The normalized spacial score (nSPS) is 10.4. The molecule has 0 unspecified atom stereocenters. The van der Waals surface area contributed by atoms with Crippen molar-refractivity contribution < 1.29 is 0 Å². The summed E-state index contributed by atoms with van der Waals surface area (Å²) >= 11 is 0. The third-order valence-electron chi connectivity index (χ3n) is 2.50. The van der Waals surface area contributed by atoms with Crippen LogP contribution in [0.25, 0.3) is 11.1 Å². The maximum absolute atomic E-state index is 11.2. The molecule has 0 bridgehead atoms. The third kappa shape index (κ3) is 1.82. The first-order valence-corrected chi connectivity index (χ1v) is 5.01. The summed E-state index contributed by atoms with van der Waals surface area (Å²) in [6.07, 6.45) is 0. The maximum Gasteiger partial charge on any atom is 0.345 e. The van der Waals surface area contributed by atoms with Crippen molar-refractivity contribution in [2.24, 2.45) is 0 Å². The van der Waals surface area contributed by atoms with E-state index in [9.17, 15) is 4.79 Å². The van der Waals surface area contributed by atoms with Gasteiger partial charge in [0.15, 0.2) is 0 Å². The highest BCUT2D eigenvalue weighted by molar-refractivity contribution is 5.69. The monoisotopic (exact) mass is 215 g/mol. The Balaban J connectivity index is 2.64. The Hall–Kier alpha value is -2.10. The smallest absolute Gasteiger partial charge is 0.345 e. The number of nitrogen functional groups attached to an aromatic ring is 1. The van der Waals surface area contributed by atoms with E-state index in [0.29, 0.717) is 0 Å². The van der Waals surface area contributed by atoms with E-state index < -0.39 is 0 Å². The Morgan fingerprint density at radius 3 is 2.38 bits per heavy atom. The molecule has 0 radical (unpaired) electrons. The molecule has 82 valence electrons. The van der Waals surface area contributed by atoms with Crippen molar-refractivity contribution in [3.8, 4) is 11.1 Å². The molecule has 3 N–H and O–H groups in total. The first-order chi connectivity index (χ1) is 7.58. The number of benzene rings is 1. The van der Waals surface area contributed by atoms with Gasteiger partial charge in [-0.3, -0.25) is 0 Å². The van der Waals surface area contributed by atoms with Crippen LogP contribution < -0.4 is 11.4 Å². The molecule has 0 aliphatic carbocycles. The van der Waals surface area contributed by atoms with Crippen molar-refractivity contribution in [1.29, 1.82) is 0 Å². The Morgan fingerprint density at radius 2 is 1.81 bits per heavy atom. The minimum Gasteiger partial charge on any atom is -0.399 e. The van der Waals surface area contributed by atoms with Crippen LogP contribution >= 0.6 is 0 Å². The molecule has 0 aliphatic heterocycles. The number of aromatic amines is 1. The van der Waals surface area contributed by atoms with E-state index in [-0.39, 0.29) is 5.69 Å². The first kappa shape index (κ1) is 10.4. The number of nitrogens with two attached hydrogens (primary N) is 1. The van der Waals surface area contributed by atoms with E-state index in [1.165, 1.54) is 0 Å². The second-order valence-corrected chi connectivity index (χ2v) is 3.75. The van der Waals surface area contributed by atoms with Gasteiger partial charge in [0, 0.05) is 16.9 Å². The lowest BCUT2D eigenvalue weighted by atomic mass is 10.0. The number of hydrogen-bond donors (Lipinski definition) is 2. The number of aromatic nitrogens is 2. The molecule has 2 rings (SSSR count). The summed E-state index contributed by atoms with van der Waals surface area (Å²) in [5.74, 6) is 0. The average Bonchev–Trinajstić information content (AvgIpc) is 2.19. The summed E-state index contributed by atoms with van der Waals surface area (Å²) in [4.78, 5) is 17.7. The van der Waals surface area contributed by atoms with Crippen molar-refractivity contribution in [3.05, 3.63) is 46.1 Å². The van der Waals surface area contributed by atoms with E-state index >= 15 is 0 Å². The lowest BCUT2D eigenvalue weighted by molar-refractivity contribution is 0.992. The van der Waals surface area contributed by atoms with Gasteiger partial charge in [-0.2, -0.15) is 4.98 Å². The van der Waals surface area contributed by atoms with Crippen LogP contribution in [-0.4, -0.2) is 9.97 Å². The number of rotatable bonds is 1. The zero-order valence-corrected chi connectivity index (χ0v) is 9.24. The molecule has 1 heterocycles. The Morgan fingerprint density at radius 1 is 1.19 bits per heavy atom. The fraction of sp³-hybridized carbons (Fsp3) is 0.167. The molecule has 0 saturated carbocycles. The van der Waals surface area contributed by atoms with Crippen molar-refractivity contribution in [3.63, 3.8) is 0 Å². The van der Waals surface area contributed by atoms with Crippen LogP contribution in [0.4, 0.5) is 5.69 Å². The molecule has 2 aromatic rings. The Kier molecular flexibility index (Phi) is 2.48. The van der Waals surface area contributed by atoms with Gasteiger partial charge < -0.3 is 10.7 Å². The van der Waals surface area contributed by atoms with Crippen LogP contribution in [-0.2, 0) is 0 Å². The van der Waals surface area contributed by atoms with Gasteiger partial charge in [-0.25, -0.2) is 4.79 Å². The molecule has 0 saturated heterocycles. The highest BCUT2D eigenvalue weighted by Crippen LogP contribution is 2.24. The minimum atomic E-state index is -0.311. The molecular weight excluding hydrogens is 202 g/mol. The Bertz CT molecular complexity index is 544. The number of nitrogens with one attached hydrogen (secondary N) is 1. The summed E-state index contributed by atoms with van der Waals surface area (Å²) in [5.41, 5.74) is 9.55. The van der Waals surface area contributed by atoms with Gasteiger partial charge in [0.05, 0.1) is 5.69 Å². The van der Waals surface area contributed by atoms with Crippen molar-refractivity contribution >= 4 is 5.69 Å². The number of aryl methyl sites for hydroxylation is 2. The zero-order chi connectivity index (χ0) is 11.7. The number of hydrogen-bond acceptors (Lipinski definition) is 3. The van der Waals surface area contributed by atoms with Crippen LogP contribution in [0.2, 0.25) is 0 Å². The van der Waals surface area contributed by atoms with Gasteiger partial charge >= 0.3 is 5.69 Å². The van der Waals surface area contributed by atoms with E-state index in [2.05, 4.69) is 9.97 Å². The lowest BCUT2D eigenvalue weighted by Crippen LogP contribution is -2.14. The second kappa shape index (κ2) is 3.81. The Labute approximate surface area is 93.2 Å². The van der Waals surface area contributed by atoms with Crippen molar-refractivity contribution in [2.45, 2.75) is 13.8 Å².